The second-order valence-corrected chi connectivity index (χ2v) is 8.29. The molecule has 2 heterocycles. The lowest BCUT2D eigenvalue weighted by Gasteiger charge is -2.33. The number of halogens is 3. The van der Waals surface area contributed by atoms with E-state index in [0.29, 0.717) is 44.4 Å². The van der Waals surface area contributed by atoms with Gasteiger partial charge in [0, 0.05) is 45.1 Å². The molecule has 1 aromatic heterocycles. The van der Waals surface area contributed by atoms with Gasteiger partial charge < -0.3 is 15.0 Å². The Morgan fingerprint density at radius 3 is 2.36 bits per heavy atom. The van der Waals surface area contributed by atoms with E-state index in [2.05, 4.69) is 10.4 Å². The summed E-state index contributed by atoms with van der Waals surface area (Å²) in [7, 11) is 0. The van der Waals surface area contributed by atoms with Crippen LogP contribution in [0.3, 0.4) is 0 Å². The molecule has 1 aliphatic carbocycles. The topological polar surface area (TPSA) is 59.4 Å². The fraction of sp³-hybridized carbons (Fsp3) is 0.333. The van der Waals surface area contributed by atoms with Crippen molar-refractivity contribution in [2.24, 2.45) is 0 Å². The van der Waals surface area contributed by atoms with Gasteiger partial charge in [-0.3, -0.25) is 4.79 Å². The minimum Gasteiger partial charge on any atom is -0.479 e. The Labute approximate surface area is 188 Å². The molecule has 172 valence electrons. The fourth-order valence-corrected chi connectivity index (χ4v) is 4.43. The Hall–Kier alpha value is -3.33. The minimum absolute atomic E-state index is 0.0661. The van der Waals surface area contributed by atoms with E-state index in [1.807, 2.05) is 29.2 Å². The van der Waals surface area contributed by atoms with E-state index in [4.69, 9.17) is 4.74 Å². The summed E-state index contributed by atoms with van der Waals surface area (Å²) in [6.07, 6.45) is -0.223. The zero-order valence-electron chi connectivity index (χ0n) is 17.8. The average Bonchev–Trinajstić information content (AvgIpc) is 2.80. The van der Waals surface area contributed by atoms with Gasteiger partial charge in [0.2, 0.25) is 5.75 Å². The lowest BCUT2D eigenvalue weighted by molar-refractivity contribution is 0.0902. The van der Waals surface area contributed by atoms with Crippen molar-refractivity contribution in [1.29, 1.82) is 0 Å². The highest BCUT2D eigenvalue weighted by molar-refractivity contribution is 5.57. The van der Waals surface area contributed by atoms with Gasteiger partial charge in [0.15, 0.2) is 0 Å². The zero-order chi connectivity index (χ0) is 22.9. The zero-order valence-corrected chi connectivity index (χ0v) is 17.8. The molecule has 0 spiro atoms. The first kappa shape index (κ1) is 21.5. The number of alkyl halides is 1. The number of anilines is 1. The molecule has 0 amide bonds. The summed E-state index contributed by atoms with van der Waals surface area (Å²) >= 11 is 0. The molecule has 0 saturated carbocycles. The van der Waals surface area contributed by atoms with Crippen molar-refractivity contribution >= 4 is 5.69 Å². The van der Waals surface area contributed by atoms with Crippen molar-refractivity contribution in [2.45, 2.75) is 25.1 Å². The van der Waals surface area contributed by atoms with E-state index in [1.54, 1.807) is 0 Å². The van der Waals surface area contributed by atoms with Crippen molar-refractivity contribution < 1.29 is 17.9 Å². The van der Waals surface area contributed by atoms with Crippen LogP contribution in [0.1, 0.15) is 11.1 Å². The first-order chi connectivity index (χ1) is 16.0. The SMILES string of the molecule is O=c1c(OC2Cc3ccccc3CC2F)c(N2CCNCC2)cnn1-c1cc(F)cc(F)c1. The standard InChI is InChI=1S/C24H23F3N4O2/c25-17-11-18(26)13-19(12-17)31-24(32)23(21(14-29-31)30-7-5-28-6-8-30)33-22-10-16-4-2-1-3-15(16)9-20(22)27/h1-4,11-14,20,22,28H,5-10H2. The molecule has 1 aliphatic heterocycles. The number of hydrogen-bond donors (Lipinski definition) is 1. The number of hydrogen-bond acceptors (Lipinski definition) is 5. The van der Waals surface area contributed by atoms with Crippen LogP contribution < -0.4 is 20.5 Å². The van der Waals surface area contributed by atoms with Crippen molar-refractivity contribution in [3.05, 3.63) is 81.8 Å². The van der Waals surface area contributed by atoms with E-state index in [9.17, 15) is 13.6 Å². The monoisotopic (exact) mass is 456 g/mol. The van der Waals surface area contributed by atoms with Crippen molar-refractivity contribution in [1.82, 2.24) is 15.1 Å². The predicted octanol–water partition coefficient (Wildman–Crippen LogP) is 2.80. The summed E-state index contributed by atoms with van der Waals surface area (Å²) in [4.78, 5) is 15.4. The highest BCUT2D eigenvalue weighted by Gasteiger charge is 2.32. The van der Waals surface area contributed by atoms with Gasteiger partial charge in [-0.05, 0) is 23.3 Å². The third-order valence-corrected chi connectivity index (χ3v) is 6.09. The molecule has 5 rings (SSSR count). The van der Waals surface area contributed by atoms with Crippen molar-refractivity contribution in [3.8, 4) is 11.4 Å². The second-order valence-electron chi connectivity index (χ2n) is 8.29. The Morgan fingerprint density at radius 2 is 1.67 bits per heavy atom. The van der Waals surface area contributed by atoms with Crippen molar-refractivity contribution in [2.75, 3.05) is 31.1 Å². The van der Waals surface area contributed by atoms with Crippen LogP contribution in [0.4, 0.5) is 18.9 Å². The fourth-order valence-electron chi connectivity index (χ4n) is 4.43. The quantitative estimate of drug-likeness (QED) is 0.655. The Morgan fingerprint density at radius 1 is 1.00 bits per heavy atom. The average molecular weight is 456 g/mol. The molecule has 1 fully saturated rings. The van der Waals surface area contributed by atoms with Crippen LogP contribution in [0.2, 0.25) is 0 Å². The number of nitrogens with zero attached hydrogens (tertiary/aromatic N) is 3. The molecule has 3 aromatic rings. The first-order valence-electron chi connectivity index (χ1n) is 10.9. The predicted molar refractivity (Wildman–Crippen MR) is 118 cm³/mol. The van der Waals surface area contributed by atoms with Gasteiger partial charge in [0.05, 0.1) is 11.9 Å². The lowest BCUT2D eigenvalue weighted by Crippen LogP contribution is -2.45. The summed E-state index contributed by atoms with van der Waals surface area (Å²) < 4.78 is 49.6. The largest absolute Gasteiger partial charge is 0.479 e. The van der Waals surface area contributed by atoms with E-state index in [1.165, 1.54) is 6.20 Å². The van der Waals surface area contributed by atoms with E-state index >= 15 is 4.39 Å². The molecule has 33 heavy (non-hydrogen) atoms. The lowest BCUT2D eigenvalue weighted by atomic mass is 9.88. The number of rotatable bonds is 4. The number of piperazine rings is 1. The molecule has 9 heteroatoms. The van der Waals surface area contributed by atoms with Gasteiger partial charge in [-0.2, -0.15) is 9.78 Å². The maximum atomic E-state index is 15.1. The van der Waals surface area contributed by atoms with E-state index < -0.39 is 29.5 Å². The minimum atomic E-state index is -1.30. The molecular formula is C24H23F3N4O2. The van der Waals surface area contributed by atoms with Gasteiger partial charge in [-0.1, -0.05) is 24.3 Å². The van der Waals surface area contributed by atoms with Gasteiger partial charge in [-0.25, -0.2) is 13.2 Å². The van der Waals surface area contributed by atoms with Crippen LogP contribution in [0.25, 0.3) is 5.69 Å². The molecule has 6 nitrogen and oxygen atoms in total. The molecule has 0 bridgehead atoms. The summed E-state index contributed by atoms with van der Waals surface area (Å²) in [6, 6.07) is 10.3. The van der Waals surface area contributed by atoms with Crippen LogP contribution in [0.15, 0.2) is 53.5 Å². The highest BCUT2D eigenvalue weighted by atomic mass is 19.1. The van der Waals surface area contributed by atoms with Crippen LogP contribution in [0, 0.1) is 11.6 Å². The normalized spacial score (nSPS) is 20.4. The Kier molecular flexibility index (Phi) is 5.80. The van der Waals surface area contributed by atoms with Gasteiger partial charge >= 0.3 is 5.56 Å². The van der Waals surface area contributed by atoms with Crippen LogP contribution in [-0.4, -0.2) is 48.2 Å². The molecule has 2 atom stereocenters. The Bertz CT molecular complexity index is 1210. The van der Waals surface area contributed by atoms with Crippen LogP contribution in [0.5, 0.6) is 5.75 Å². The second kappa shape index (κ2) is 8.90. The summed E-state index contributed by atoms with van der Waals surface area (Å²) in [5.74, 6) is -1.73. The van der Waals surface area contributed by atoms with E-state index in [-0.39, 0.29) is 17.9 Å². The third-order valence-electron chi connectivity index (χ3n) is 6.09. The Balaban J connectivity index is 1.56. The summed E-state index contributed by atoms with van der Waals surface area (Å²) in [5.41, 5.74) is 1.58. The first-order valence-corrected chi connectivity index (χ1v) is 10.9. The molecule has 0 radical (unpaired) electrons. The highest BCUT2D eigenvalue weighted by Crippen LogP contribution is 2.31. The van der Waals surface area contributed by atoms with Crippen LogP contribution in [-0.2, 0) is 12.8 Å². The molecule has 1 saturated heterocycles. The maximum absolute atomic E-state index is 15.1. The van der Waals surface area contributed by atoms with Gasteiger partial charge in [-0.15, -0.1) is 0 Å². The molecular weight excluding hydrogens is 433 g/mol. The maximum Gasteiger partial charge on any atom is 0.316 e. The van der Waals surface area contributed by atoms with Crippen molar-refractivity contribution in [3.63, 3.8) is 0 Å². The summed E-state index contributed by atoms with van der Waals surface area (Å²) in [6.45, 7) is 2.64. The molecule has 2 unspecified atom stereocenters. The number of aromatic nitrogens is 2. The molecule has 2 aromatic carbocycles. The smallest absolute Gasteiger partial charge is 0.316 e. The third kappa shape index (κ3) is 4.32. The number of ether oxygens (including phenoxy) is 1. The molecule has 2 aliphatic rings. The van der Waals surface area contributed by atoms with E-state index in [0.717, 1.165) is 27.9 Å². The number of fused-ring (bicyclic) bond motifs is 1. The van der Waals surface area contributed by atoms with Crippen LogP contribution >= 0.6 is 0 Å². The van der Waals surface area contributed by atoms with Gasteiger partial charge in [0.1, 0.15) is 29.6 Å². The molecule has 1 N–H and O–H groups in total. The number of benzene rings is 2. The number of nitrogens with one attached hydrogen (secondary N) is 1. The summed E-state index contributed by atoms with van der Waals surface area (Å²) in [5, 5.41) is 7.39. The van der Waals surface area contributed by atoms with Gasteiger partial charge in [0.25, 0.3) is 0 Å².